The number of thiocarbonyl (C=S) groups is 1. The van der Waals surface area contributed by atoms with Gasteiger partial charge >= 0.3 is 0 Å². The van der Waals surface area contributed by atoms with Gasteiger partial charge in [0.15, 0.2) is 5.11 Å². The number of piperazine rings is 1. The minimum Gasteiger partial charge on any atom is -0.496 e. The molecule has 1 fully saturated rings. The van der Waals surface area contributed by atoms with Gasteiger partial charge in [0.05, 0.1) is 33.3 Å². The van der Waals surface area contributed by atoms with Gasteiger partial charge in [-0.25, -0.2) is 4.39 Å². The zero-order valence-electron chi connectivity index (χ0n) is 16.1. The molecule has 0 saturated carbocycles. The average molecular weight is 389 g/mol. The highest BCUT2D eigenvalue weighted by Crippen LogP contribution is 2.19. The summed E-state index contributed by atoms with van der Waals surface area (Å²) in [6.45, 7) is 8.56. The maximum atomic E-state index is 13.7. The van der Waals surface area contributed by atoms with Gasteiger partial charge in [0.1, 0.15) is 18.1 Å². The Kier molecular flexibility index (Phi) is 6.29. The van der Waals surface area contributed by atoms with E-state index in [2.05, 4.69) is 29.3 Å². The molecule has 144 valence electrons. The number of ether oxygens (including phenoxy) is 1. The summed E-state index contributed by atoms with van der Waals surface area (Å²) in [6, 6.07) is 11.4. The van der Waals surface area contributed by atoms with Crippen molar-refractivity contribution in [1.29, 1.82) is 0 Å². The fourth-order valence-corrected chi connectivity index (χ4v) is 3.69. The first-order chi connectivity index (χ1) is 13.0. The van der Waals surface area contributed by atoms with Crippen LogP contribution in [0.25, 0.3) is 0 Å². The molecule has 0 unspecified atom stereocenters. The molecule has 0 aromatic heterocycles. The third kappa shape index (κ3) is 4.96. The number of hydrogen-bond acceptors (Lipinski definition) is 2. The minimum absolute atomic E-state index is 0.218. The van der Waals surface area contributed by atoms with Crippen LogP contribution < -0.4 is 15.0 Å². The third-order valence-corrected chi connectivity index (χ3v) is 5.42. The van der Waals surface area contributed by atoms with Crippen molar-refractivity contribution in [2.45, 2.75) is 20.4 Å². The lowest BCUT2D eigenvalue weighted by molar-refractivity contribution is -0.917. The first-order valence-electron chi connectivity index (χ1n) is 9.25. The molecule has 0 bridgehead atoms. The topological polar surface area (TPSA) is 28.9 Å². The molecule has 27 heavy (non-hydrogen) atoms. The predicted octanol–water partition coefficient (Wildman–Crippen LogP) is 2.55. The Morgan fingerprint density at radius 3 is 2.59 bits per heavy atom. The molecule has 2 aromatic carbocycles. The van der Waals surface area contributed by atoms with Crippen LogP contribution in [0, 0.1) is 19.7 Å². The highest BCUT2D eigenvalue weighted by molar-refractivity contribution is 7.80. The molecule has 2 N–H and O–H groups in total. The van der Waals surface area contributed by atoms with Gasteiger partial charge in [0.2, 0.25) is 0 Å². The Morgan fingerprint density at radius 2 is 1.93 bits per heavy atom. The Bertz CT molecular complexity index is 819. The van der Waals surface area contributed by atoms with Gasteiger partial charge in [-0.05, 0) is 55.9 Å². The van der Waals surface area contributed by atoms with Gasteiger partial charge < -0.3 is 19.9 Å². The number of aryl methyl sites for hydroxylation is 2. The van der Waals surface area contributed by atoms with Crippen molar-refractivity contribution >= 4 is 23.0 Å². The summed E-state index contributed by atoms with van der Waals surface area (Å²) in [5.74, 6) is 0.735. The van der Waals surface area contributed by atoms with Crippen LogP contribution >= 0.6 is 12.2 Å². The van der Waals surface area contributed by atoms with Crippen LogP contribution in [-0.2, 0) is 6.54 Å². The Hall–Kier alpha value is -2.18. The van der Waals surface area contributed by atoms with Gasteiger partial charge in [-0.3, -0.25) is 0 Å². The van der Waals surface area contributed by atoms with Crippen LogP contribution in [0.5, 0.6) is 5.75 Å². The van der Waals surface area contributed by atoms with E-state index in [-0.39, 0.29) is 5.82 Å². The van der Waals surface area contributed by atoms with Crippen LogP contribution in [0.3, 0.4) is 0 Å². The zero-order chi connectivity index (χ0) is 19.4. The number of anilines is 1. The molecule has 0 aliphatic carbocycles. The van der Waals surface area contributed by atoms with E-state index in [9.17, 15) is 4.39 Å². The fourth-order valence-electron chi connectivity index (χ4n) is 3.39. The van der Waals surface area contributed by atoms with Gasteiger partial charge in [0, 0.05) is 11.3 Å². The van der Waals surface area contributed by atoms with E-state index in [0.717, 1.165) is 38.5 Å². The van der Waals surface area contributed by atoms with Crippen molar-refractivity contribution in [2.75, 3.05) is 38.6 Å². The molecule has 4 nitrogen and oxygen atoms in total. The summed E-state index contributed by atoms with van der Waals surface area (Å²) >= 11 is 5.52. The second kappa shape index (κ2) is 8.67. The van der Waals surface area contributed by atoms with Gasteiger partial charge in [-0.2, -0.15) is 0 Å². The summed E-state index contributed by atoms with van der Waals surface area (Å²) < 4.78 is 19.2. The summed E-state index contributed by atoms with van der Waals surface area (Å²) in [6.07, 6.45) is 0. The first-order valence-corrected chi connectivity index (χ1v) is 9.66. The Labute approximate surface area is 165 Å². The van der Waals surface area contributed by atoms with Crippen LogP contribution in [0.4, 0.5) is 10.1 Å². The summed E-state index contributed by atoms with van der Waals surface area (Å²) in [7, 11) is 1.72. The van der Waals surface area contributed by atoms with Crippen molar-refractivity contribution in [2.24, 2.45) is 0 Å². The van der Waals surface area contributed by atoms with E-state index in [4.69, 9.17) is 17.0 Å². The molecule has 0 atom stereocenters. The first kappa shape index (κ1) is 19.6. The molecule has 3 rings (SSSR count). The predicted molar refractivity (Wildman–Crippen MR) is 111 cm³/mol. The van der Waals surface area contributed by atoms with Crippen molar-refractivity contribution in [3.8, 4) is 5.75 Å². The molecular weight excluding hydrogens is 361 g/mol. The number of nitrogens with one attached hydrogen (secondary N) is 2. The quantitative estimate of drug-likeness (QED) is 0.788. The second-order valence-corrected chi connectivity index (χ2v) is 7.51. The number of benzene rings is 2. The minimum atomic E-state index is -0.218. The van der Waals surface area contributed by atoms with Crippen LogP contribution in [0.1, 0.15) is 16.7 Å². The Balaban J connectivity index is 1.54. The smallest absolute Gasteiger partial charge is 0.173 e. The number of halogens is 1. The summed E-state index contributed by atoms with van der Waals surface area (Å²) in [4.78, 5) is 3.67. The molecule has 1 aliphatic rings. The number of methoxy groups -OCH3 is 1. The lowest BCUT2D eigenvalue weighted by Gasteiger charge is -2.34. The van der Waals surface area contributed by atoms with E-state index in [1.165, 1.54) is 22.1 Å². The largest absolute Gasteiger partial charge is 0.496 e. The maximum absolute atomic E-state index is 13.7. The van der Waals surface area contributed by atoms with Crippen LogP contribution in [0.2, 0.25) is 0 Å². The Morgan fingerprint density at radius 1 is 1.19 bits per heavy atom. The molecule has 0 amide bonds. The number of hydrogen-bond donors (Lipinski definition) is 2. The fraction of sp³-hybridized carbons (Fsp3) is 0.381. The van der Waals surface area contributed by atoms with E-state index < -0.39 is 0 Å². The van der Waals surface area contributed by atoms with E-state index >= 15 is 0 Å². The molecule has 0 radical (unpaired) electrons. The average Bonchev–Trinajstić information content (AvgIpc) is 2.65. The van der Waals surface area contributed by atoms with Crippen molar-refractivity contribution in [3.05, 3.63) is 58.9 Å². The van der Waals surface area contributed by atoms with E-state index in [1.807, 2.05) is 12.1 Å². The highest BCUT2D eigenvalue weighted by Gasteiger charge is 2.23. The molecule has 0 spiro atoms. The third-order valence-electron chi connectivity index (χ3n) is 5.06. The van der Waals surface area contributed by atoms with Crippen molar-refractivity contribution in [3.63, 3.8) is 0 Å². The van der Waals surface area contributed by atoms with Crippen molar-refractivity contribution < 1.29 is 14.0 Å². The SMILES string of the molecule is COc1ccc(C)cc1C[NH+]1CCN(C(=S)Nc2ccc(C)c(F)c2)CC1. The molecule has 1 saturated heterocycles. The number of rotatable bonds is 4. The van der Waals surface area contributed by atoms with Crippen molar-refractivity contribution in [1.82, 2.24) is 4.90 Å². The summed E-state index contributed by atoms with van der Waals surface area (Å²) in [5, 5.41) is 3.82. The number of nitrogens with zero attached hydrogens (tertiary/aromatic N) is 1. The standard InChI is InChI=1S/C21H26FN3OS/c1-15-4-7-20(26-3)17(12-15)14-24-8-10-25(11-9-24)21(27)23-18-6-5-16(2)19(22)13-18/h4-7,12-13H,8-11,14H2,1-3H3,(H,23,27)/p+1. The number of quaternary nitrogens is 1. The summed E-state index contributed by atoms with van der Waals surface area (Å²) in [5.41, 5.74) is 3.83. The molecule has 1 heterocycles. The van der Waals surface area contributed by atoms with Crippen LogP contribution in [0.15, 0.2) is 36.4 Å². The molecular formula is C21H27FN3OS+. The maximum Gasteiger partial charge on any atom is 0.173 e. The normalized spacial score (nSPS) is 14.9. The lowest BCUT2D eigenvalue weighted by atomic mass is 10.1. The van der Waals surface area contributed by atoms with Gasteiger partial charge in [-0.1, -0.05) is 17.7 Å². The van der Waals surface area contributed by atoms with E-state index in [1.54, 1.807) is 20.1 Å². The lowest BCUT2D eigenvalue weighted by Crippen LogP contribution is -3.13. The monoisotopic (exact) mass is 388 g/mol. The molecule has 1 aliphatic heterocycles. The van der Waals surface area contributed by atoms with Crippen LogP contribution in [-0.4, -0.2) is 43.3 Å². The molecule has 6 heteroatoms. The zero-order valence-corrected chi connectivity index (χ0v) is 17.0. The highest BCUT2D eigenvalue weighted by atomic mass is 32.1. The van der Waals surface area contributed by atoms with Gasteiger partial charge in [-0.15, -0.1) is 0 Å². The molecule has 2 aromatic rings. The van der Waals surface area contributed by atoms with Gasteiger partial charge in [0.25, 0.3) is 0 Å². The van der Waals surface area contributed by atoms with E-state index in [0.29, 0.717) is 16.4 Å². The second-order valence-electron chi connectivity index (χ2n) is 7.12.